The number of carbonyl (C=O) groups excluding carboxylic acids is 2. The Bertz CT molecular complexity index is 1070. The van der Waals surface area contributed by atoms with Crippen molar-refractivity contribution in [2.24, 2.45) is 0 Å². The third-order valence-electron chi connectivity index (χ3n) is 5.53. The maximum absolute atomic E-state index is 12.9. The average molecular weight is 419 g/mol. The zero-order valence-corrected chi connectivity index (χ0v) is 17.6. The van der Waals surface area contributed by atoms with Gasteiger partial charge >= 0.3 is 0 Å². The van der Waals surface area contributed by atoms with E-state index in [2.05, 4.69) is 57.8 Å². The van der Waals surface area contributed by atoms with Crippen LogP contribution in [0.5, 0.6) is 0 Å². The van der Waals surface area contributed by atoms with Crippen molar-refractivity contribution in [1.82, 2.24) is 25.4 Å². The lowest BCUT2D eigenvalue weighted by Gasteiger charge is -2.41. The molecule has 0 unspecified atom stereocenters. The van der Waals surface area contributed by atoms with Crippen molar-refractivity contribution in [3.8, 4) is 11.1 Å². The molecule has 1 saturated heterocycles. The number of rotatable bonds is 5. The smallest absolute Gasteiger partial charge is 0.291 e. The fourth-order valence-electron chi connectivity index (χ4n) is 3.90. The molecule has 8 nitrogen and oxygen atoms in total. The Labute approximate surface area is 180 Å². The molecule has 1 aliphatic heterocycles. The highest BCUT2D eigenvalue weighted by Gasteiger charge is 2.45. The maximum atomic E-state index is 12.9. The standard InChI is InChI=1S/C23H25N5O3/c1-16-6-8-18(9-7-16)19-5-3-4-17(12-19)13-23(22(30)24-2)14-28(10-11-31-23)21(29)20-25-15-26-27-20/h3-9,12,15H,10-11,13-14H2,1-2H3,(H,24,30)(H,25,26,27)/t23-/m1/s1. The lowest BCUT2D eigenvalue weighted by Crippen LogP contribution is -2.61. The van der Waals surface area contributed by atoms with Gasteiger partial charge in [-0.3, -0.25) is 14.7 Å². The second-order valence-electron chi connectivity index (χ2n) is 7.73. The molecule has 1 atom stereocenters. The summed E-state index contributed by atoms with van der Waals surface area (Å²) in [4.78, 5) is 31.2. The van der Waals surface area contributed by atoms with Gasteiger partial charge in [0.05, 0.1) is 13.2 Å². The van der Waals surface area contributed by atoms with Crippen LogP contribution in [-0.4, -0.2) is 64.2 Å². The SMILES string of the molecule is CNC(=O)[C@@]1(Cc2cccc(-c3ccc(C)cc3)c2)CN(C(=O)c2ncn[nH]2)CCO1. The van der Waals surface area contributed by atoms with E-state index in [1.807, 2.05) is 18.2 Å². The first kappa shape index (κ1) is 20.7. The number of H-pyrrole nitrogens is 1. The highest BCUT2D eigenvalue weighted by Crippen LogP contribution is 2.27. The average Bonchev–Trinajstić information content (AvgIpc) is 3.34. The second kappa shape index (κ2) is 8.69. The fraction of sp³-hybridized carbons (Fsp3) is 0.304. The number of carbonyl (C=O) groups is 2. The minimum absolute atomic E-state index is 0.126. The molecule has 0 aliphatic carbocycles. The van der Waals surface area contributed by atoms with Gasteiger partial charge in [0.15, 0.2) is 5.60 Å². The Morgan fingerprint density at radius 2 is 2.00 bits per heavy atom. The van der Waals surface area contributed by atoms with Gasteiger partial charge in [-0.2, -0.15) is 5.10 Å². The molecule has 0 spiro atoms. The van der Waals surface area contributed by atoms with E-state index in [1.54, 1.807) is 11.9 Å². The van der Waals surface area contributed by atoms with Crippen molar-refractivity contribution in [2.75, 3.05) is 26.7 Å². The molecule has 1 aliphatic rings. The summed E-state index contributed by atoms with van der Waals surface area (Å²) >= 11 is 0. The lowest BCUT2D eigenvalue weighted by atomic mass is 9.89. The quantitative estimate of drug-likeness (QED) is 0.659. The molecule has 2 aromatic carbocycles. The molecule has 0 saturated carbocycles. The lowest BCUT2D eigenvalue weighted by molar-refractivity contribution is -0.156. The van der Waals surface area contributed by atoms with E-state index in [0.29, 0.717) is 13.0 Å². The van der Waals surface area contributed by atoms with Gasteiger partial charge < -0.3 is 15.0 Å². The normalized spacial score (nSPS) is 18.6. The minimum atomic E-state index is -1.19. The molecule has 31 heavy (non-hydrogen) atoms. The maximum Gasteiger partial charge on any atom is 0.291 e. The zero-order valence-electron chi connectivity index (χ0n) is 17.6. The summed E-state index contributed by atoms with van der Waals surface area (Å²) in [5.74, 6) is -0.417. The number of nitrogens with one attached hydrogen (secondary N) is 2. The minimum Gasteiger partial charge on any atom is -0.361 e. The number of likely N-dealkylation sites (N-methyl/N-ethyl adjacent to an activating group) is 1. The molecule has 4 rings (SSSR count). The van der Waals surface area contributed by atoms with Crippen molar-refractivity contribution < 1.29 is 14.3 Å². The first-order valence-corrected chi connectivity index (χ1v) is 10.2. The van der Waals surface area contributed by atoms with E-state index in [4.69, 9.17) is 4.74 Å². The molecule has 160 valence electrons. The fourth-order valence-corrected chi connectivity index (χ4v) is 3.90. The number of aromatic nitrogens is 3. The number of aromatic amines is 1. The summed E-state index contributed by atoms with van der Waals surface area (Å²) in [7, 11) is 1.58. The Balaban J connectivity index is 1.61. The number of morpholine rings is 1. The molecule has 3 aromatic rings. The summed E-state index contributed by atoms with van der Waals surface area (Å²) in [5, 5.41) is 9.04. The van der Waals surface area contributed by atoms with Gasteiger partial charge in [-0.15, -0.1) is 0 Å². The predicted molar refractivity (Wildman–Crippen MR) is 115 cm³/mol. The number of benzene rings is 2. The summed E-state index contributed by atoms with van der Waals surface area (Å²) in [5.41, 5.74) is 3.14. The van der Waals surface area contributed by atoms with Crippen LogP contribution in [0.4, 0.5) is 0 Å². The number of aryl methyl sites for hydroxylation is 1. The summed E-state index contributed by atoms with van der Waals surface area (Å²) in [6, 6.07) is 16.4. The first-order chi connectivity index (χ1) is 15.0. The molecule has 1 fully saturated rings. The number of hydrogen-bond acceptors (Lipinski definition) is 5. The van der Waals surface area contributed by atoms with Crippen LogP contribution in [0.2, 0.25) is 0 Å². The van der Waals surface area contributed by atoms with Crippen LogP contribution < -0.4 is 5.32 Å². The van der Waals surface area contributed by atoms with Crippen molar-refractivity contribution in [1.29, 1.82) is 0 Å². The van der Waals surface area contributed by atoms with Crippen molar-refractivity contribution in [3.63, 3.8) is 0 Å². The van der Waals surface area contributed by atoms with E-state index in [1.165, 1.54) is 11.9 Å². The molecule has 2 heterocycles. The Morgan fingerprint density at radius 3 is 2.71 bits per heavy atom. The Kier molecular flexibility index (Phi) is 5.81. The van der Waals surface area contributed by atoms with Crippen molar-refractivity contribution >= 4 is 11.8 Å². The molecule has 1 aromatic heterocycles. The third kappa shape index (κ3) is 4.34. The molecule has 0 radical (unpaired) electrons. The van der Waals surface area contributed by atoms with Crippen LogP contribution >= 0.6 is 0 Å². The molecule has 8 heteroatoms. The predicted octanol–water partition coefficient (Wildman–Crippen LogP) is 1.98. The van der Waals surface area contributed by atoms with Crippen LogP contribution in [0, 0.1) is 6.92 Å². The van der Waals surface area contributed by atoms with Crippen molar-refractivity contribution in [2.45, 2.75) is 18.9 Å². The summed E-state index contributed by atoms with van der Waals surface area (Å²) in [6.45, 7) is 2.81. The highest BCUT2D eigenvalue weighted by atomic mass is 16.5. The second-order valence-corrected chi connectivity index (χ2v) is 7.73. The van der Waals surface area contributed by atoms with Gasteiger partial charge in [0, 0.05) is 20.0 Å². The number of amides is 2. The van der Waals surface area contributed by atoms with E-state index in [-0.39, 0.29) is 30.8 Å². The monoisotopic (exact) mass is 419 g/mol. The van der Waals surface area contributed by atoms with Crippen LogP contribution in [0.1, 0.15) is 21.7 Å². The summed E-state index contributed by atoms with van der Waals surface area (Å²) in [6.07, 6.45) is 1.63. The van der Waals surface area contributed by atoms with Gasteiger partial charge in [0.25, 0.3) is 11.8 Å². The van der Waals surface area contributed by atoms with Gasteiger partial charge in [-0.05, 0) is 23.6 Å². The van der Waals surface area contributed by atoms with Crippen LogP contribution in [0.25, 0.3) is 11.1 Å². The van der Waals surface area contributed by atoms with E-state index in [0.717, 1.165) is 16.7 Å². The Morgan fingerprint density at radius 1 is 1.19 bits per heavy atom. The van der Waals surface area contributed by atoms with Gasteiger partial charge in [-0.1, -0.05) is 54.1 Å². The largest absolute Gasteiger partial charge is 0.361 e. The van der Waals surface area contributed by atoms with Crippen LogP contribution in [0.15, 0.2) is 54.9 Å². The topological polar surface area (TPSA) is 100 Å². The van der Waals surface area contributed by atoms with Crippen molar-refractivity contribution in [3.05, 3.63) is 71.8 Å². The van der Waals surface area contributed by atoms with E-state index in [9.17, 15) is 9.59 Å². The number of nitrogens with zero attached hydrogens (tertiary/aromatic N) is 3. The van der Waals surface area contributed by atoms with Gasteiger partial charge in [0.1, 0.15) is 6.33 Å². The van der Waals surface area contributed by atoms with Crippen LogP contribution in [-0.2, 0) is 16.0 Å². The van der Waals surface area contributed by atoms with Gasteiger partial charge in [0.2, 0.25) is 5.82 Å². The highest BCUT2D eigenvalue weighted by molar-refractivity contribution is 5.92. The zero-order chi connectivity index (χ0) is 21.8. The van der Waals surface area contributed by atoms with Crippen LogP contribution in [0.3, 0.4) is 0 Å². The van der Waals surface area contributed by atoms with E-state index >= 15 is 0 Å². The molecular formula is C23H25N5O3. The molecule has 0 bridgehead atoms. The molecule has 2 N–H and O–H groups in total. The summed E-state index contributed by atoms with van der Waals surface area (Å²) < 4.78 is 6.03. The Hall–Kier alpha value is -3.52. The number of ether oxygens (including phenoxy) is 1. The molecular weight excluding hydrogens is 394 g/mol. The number of hydrogen-bond donors (Lipinski definition) is 2. The van der Waals surface area contributed by atoms with E-state index < -0.39 is 5.60 Å². The third-order valence-corrected chi connectivity index (χ3v) is 5.53. The van der Waals surface area contributed by atoms with Gasteiger partial charge in [-0.25, -0.2) is 4.98 Å². The molecule has 2 amide bonds. The first-order valence-electron chi connectivity index (χ1n) is 10.2.